The summed E-state index contributed by atoms with van der Waals surface area (Å²) in [5.41, 5.74) is 3.80. The molecule has 2 atom stereocenters. The van der Waals surface area contributed by atoms with Crippen molar-refractivity contribution in [3.8, 4) is 0 Å². The van der Waals surface area contributed by atoms with Gasteiger partial charge < -0.3 is 19.8 Å². The van der Waals surface area contributed by atoms with Gasteiger partial charge in [-0.3, -0.25) is 4.52 Å². The van der Waals surface area contributed by atoms with Crippen LogP contribution in [0.5, 0.6) is 0 Å². The smallest absolute Gasteiger partial charge is 0.465 e. The number of nitrogens with zero attached hydrogens (tertiary/aromatic N) is 1. The van der Waals surface area contributed by atoms with E-state index in [9.17, 15) is 14.5 Å². The Balaban J connectivity index is 1.93. The zero-order valence-corrected chi connectivity index (χ0v) is 19.0. The monoisotopic (exact) mass is 441 g/mol. The van der Waals surface area contributed by atoms with E-state index in [-0.39, 0.29) is 12.6 Å². The molecule has 8 heteroatoms. The molecule has 1 aliphatic rings. The van der Waals surface area contributed by atoms with Crippen molar-refractivity contribution in [3.05, 3.63) is 34.9 Å². The lowest BCUT2D eigenvalue weighted by atomic mass is 9.85. The maximum absolute atomic E-state index is 11.8. The molecule has 0 radical (unpaired) electrons. The fourth-order valence-electron chi connectivity index (χ4n) is 4.28. The lowest BCUT2D eigenvalue weighted by Crippen LogP contribution is -2.49. The molecule has 0 aromatic heterocycles. The number of benzene rings is 1. The van der Waals surface area contributed by atoms with Crippen molar-refractivity contribution in [1.29, 1.82) is 0 Å². The number of unbranched alkanes of at least 4 members (excludes halogenated alkanes) is 5. The van der Waals surface area contributed by atoms with E-state index in [2.05, 4.69) is 29.6 Å². The van der Waals surface area contributed by atoms with E-state index in [0.29, 0.717) is 12.8 Å². The van der Waals surface area contributed by atoms with Gasteiger partial charge in [-0.1, -0.05) is 57.2 Å². The van der Waals surface area contributed by atoms with Crippen LogP contribution in [0.3, 0.4) is 0 Å². The van der Waals surface area contributed by atoms with Gasteiger partial charge in [0.1, 0.15) is 0 Å². The van der Waals surface area contributed by atoms with Crippen LogP contribution in [0, 0.1) is 0 Å². The predicted octanol–water partition coefficient (Wildman–Crippen LogP) is 4.92. The van der Waals surface area contributed by atoms with Crippen molar-refractivity contribution >= 4 is 13.9 Å². The van der Waals surface area contributed by atoms with Crippen molar-refractivity contribution in [3.63, 3.8) is 0 Å². The van der Waals surface area contributed by atoms with Gasteiger partial charge in [-0.05, 0) is 55.7 Å². The third kappa shape index (κ3) is 8.03. The first-order chi connectivity index (χ1) is 14.2. The van der Waals surface area contributed by atoms with Crippen LogP contribution in [-0.2, 0) is 28.4 Å². The minimum Gasteiger partial charge on any atom is -0.465 e. The molecule has 0 aliphatic heterocycles. The molecule has 0 saturated carbocycles. The summed E-state index contributed by atoms with van der Waals surface area (Å²) in [5.74, 6) is 0. The maximum Gasteiger partial charge on any atom is 0.469 e. The fourth-order valence-corrected chi connectivity index (χ4v) is 4.69. The van der Waals surface area contributed by atoms with Crippen molar-refractivity contribution in [2.24, 2.45) is 0 Å². The van der Waals surface area contributed by atoms with Crippen LogP contribution in [0.15, 0.2) is 18.2 Å². The van der Waals surface area contributed by atoms with Crippen LogP contribution in [0.1, 0.15) is 75.5 Å². The second-order valence-corrected chi connectivity index (χ2v) is 9.58. The highest BCUT2D eigenvalue weighted by atomic mass is 31.2. The summed E-state index contributed by atoms with van der Waals surface area (Å²) in [4.78, 5) is 30.9. The van der Waals surface area contributed by atoms with Gasteiger partial charge in [0.25, 0.3) is 0 Å². The fraction of sp³-hybridized carbons (Fsp3) is 0.682. The Hall–Kier alpha value is -1.40. The number of fused-ring (bicyclic) bond motifs is 1. The average Bonchev–Trinajstić information content (AvgIpc) is 2.68. The number of carboxylic acid groups (broad SMARTS) is 1. The summed E-state index contributed by atoms with van der Waals surface area (Å²) in [5, 5.41) is 9.67. The molecule has 2 rings (SSSR count). The highest BCUT2D eigenvalue weighted by Gasteiger charge is 2.32. The van der Waals surface area contributed by atoms with Gasteiger partial charge in [0, 0.05) is 6.04 Å². The molecule has 1 amide bonds. The Bertz CT molecular complexity index is 734. The molecule has 7 nitrogen and oxygen atoms in total. The predicted molar refractivity (Wildman–Crippen MR) is 117 cm³/mol. The van der Waals surface area contributed by atoms with E-state index in [1.54, 1.807) is 6.92 Å². The number of hydrogen-bond donors (Lipinski definition) is 3. The van der Waals surface area contributed by atoms with Gasteiger partial charge in [0.05, 0.1) is 12.6 Å². The van der Waals surface area contributed by atoms with E-state index >= 15 is 0 Å². The number of rotatable bonds is 12. The van der Waals surface area contributed by atoms with Crippen LogP contribution in [-0.4, -0.2) is 44.6 Å². The summed E-state index contributed by atoms with van der Waals surface area (Å²) >= 11 is 0. The summed E-state index contributed by atoms with van der Waals surface area (Å²) in [6.07, 6.45) is 9.77. The van der Waals surface area contributed by atoms with E-state index in [1.807, 2.05) is 0 Å². The number of hydrogen-bond acceptors (Lipinski definition) is 3. The Kier molecular flexibility index (Phi) is 9.82. The van der Waals surface area contributed by atoms with Gasteiger partial charge in [-0.2, -0.15) is 0 Å². The lowest BCUT2D eigenvalue weighted by Gasteiger charge is -2.37. The van der Waals surface area contributed by atoms with Crippen molar-refractivity contribution in [2.75, 3.05) is 6.61 Å². The van der Waals surface area contributed by atoms with E-state index in [4.69, 9.17) is 9.79 Å². The first-order valence-corrected chi connectivity index (χ1v) is 12.6. The van der Waals surface area contributed by atoms with Gasteiger partial charge in [-0.25, -0.2) is 9.36 Å². The van der Waals surface area contributed by atoms with Crippen molar-refractivity contribution in [2.45, 2.75) is 90.1 Å². The highest BCUT2D eigenvalue weighted by molar-refractivity contribution is 7.46. The molecule has 1 aliphatic carbocycles. The van der Waals surface area contributed by atoms with Crippen molar-refractivity contribution in [1.82, 2.24) is 4.90 Å². The Morgan fingerprint density at radius 2 is 1.90 bits per heavy atom. The minimum atomic E-state index is -4.63. The molecule has 0 heterocycles. The van der Waals surface area contributed by atoms with Crippen molar-refractivity contribution < 1.29 is 28.8 Å². The Morgan fingerprint density at radius 3 is 2.57 bits per heavy atom. The molecule has 30 heavy (non-hydrogen) atoms. The third-order valence-corrected chi connectivity index (χ3v) is 6.35. The molecular formula is C22H36NO6P. The van der Waals surface area contributed by atoms with Gasteiger partial charge in [0.2, 0.25) is 0 Å². The third-order valence-electron chi connectivity index (χ3n) is 5.87. The first-order valence-electron chi connectivity index (χ1n) is 11.0. The minimum absolute atomic E-state index is 0.227. The average molecular weight is 442 g/mol. The molecule has 0 saturated heterocycles. The second kappa shape index (κ2) is 11.8. The molecule has 3 N–H and O–H groups in total. The Labute approximate surface area is 179 Å². The number of carbonyl (C=O) groups is 1. The van der Waals surface area contributed by atoms with Crippen LogP contribution in [0.25, 0.3) is 0 Å². The Morgan fingerprint density at radius 1 is 1.20 bits per heavy atom. The van der Waals surface area contributed by atoms with Gasteiger partial charge in [-0.15, -0.1) is 0 Å². The molecule has 2 unspecified atom stereocenters. The quantitative estimate of drug-likeness (QED) is 0.314. The summed E-state index contributed by atoms with van der Waals surface area (Å²) in [7, 11) is -4.63. The van der Waals surface area contributed by atoms with Gasteiger partial charge in [0.15, 0.2) is 0 Å². The number of phosphoric ester groups is 1. The molecule has 1 aromatic rings. The normalized spacial score (nSPS) is 17.4. The molecule has 0 spiro atoms. The molecule has 170 valence electrons. The number of phosphoric acid groups is 1. The van der Waals surface area contributed by atoms with Crippen LogP contribution >= 0.6 is 7.82 Å². The number of amides is 1. The zero-order valence-electron chi connectivity index (χ0n) is 18.1. The SMILES string of the molecule is CCCCCCCCc1ccc2c(c1)CCC(N(C(=O)O)C(C)COP(=O)(O)O)C2. The molecule has 0 bridgehead atoms. The van der Waals surface area contributed by atoms with E-state index in [0.717, 1.165) is 18.4 Å². The summed E-state index contributed by atoms with van der Waals surface area (Å²) in [6.45, 7) is 3.50. The van der Waals surface area contributed by atoms with Gasteiger partial charge >= 0.3 is 13.9 Å². The van der Waals surface area contributed by atoms with Crippen LogP contribution < -0.4 is 0 Å². The van der Waals surface area contributed by atoms with E-state index < -0.39 is 20.0 Å². The number of aryl methyl sites for hydroxylation is 2. The second-order valence-electron chi connectivity index (χ2n) is 8.34. The zero-order chi connectivity index (χ0) is 22.1. The van der Waals surface area contributed by atoms with Crippen LogP contribution in [0.2, 0.25) is 0 Å². The lowest BCUT2D eigenvalue weighted by molar-refractivity contribution is 0.0700. The maximum atomic E-state index is 11.8. The molecule has 1 aromatic carbocycles. The summed E-state index contributed by atoms with van der Waals surface area (Å²) in [6, 6.07) is 5.66. The summed E-state index contributed by atoms with van der Waals surface area (Å²) < 4.78 is 15.5. The largest absolute Gasteiger partial charge is 0.469 e. The van der Waals surface area contributed by atoms with Crippen LogP contribution in [0.4, 0.5) is 4.79 Å². The van der Waals surface area contributed by atoms with E-state index in [1.165, 1.54) is 54.6 Å². The highest BCUT2D eigenvalue weighted by Crippen LogP contribution is 2.36. The molecule has 0 fully saturated rings. The topological polar surface area (TPSA) is 107 Å². The molecular weight excluding hydrogens is 405 g/mol. The first kappa shape index (κ1) is 24.9. The standard InChI is InChI=1S/C22H36NO6P/c1-3-4-5-6-7-8-9-18-10-11-20-15-21(13-12-19(20)14-18)23(22(24)25)17(2)16-29-30(26,27)28/h10-11,14,17,21H,3-9,12-13,15-16H2,1-2H3,(H,24,25)(H2,26,27,28).